The zero-order chi connectivity index (χ0) is 46.3. The summed E-state index contributed by atoms with van der Waals surface area (Å²) in [5, 5.41) is 9.62. The maximum atomic E-state index is 12.2. The molecule has 0 saturated heterocycles. The Morgan fingerprint density at radius 2 is 0.672 bits per heavy atom. The van der Waals surface area contributed by atoms with E-state index in [9.17, 15) is 14.7 Å². The highest BCUT2D eigenvalue weighted by Crippen LogP contribution is 2.17. The van der Waals surface area contributed by atoms with Crippen molar-refractivity contribution < 1.29 is 24.2 Å². The molecule has 0 bridgehead atoms. The molecule has 0 aromatic heterocycles. The molecular weight excluding hydrogens is 789 g/mol. The minimum atomic E-state index is -0.781. The molecule has 5 nitrogen and oxygen atoms in total. The van der Waals surface area contributed by atoms with Crippen molar-refractivity contribution in [3.8, 4) is 0 Å². The Bertz CT molecular complexity index is 1100. The van der Waals surface area contributed by atoms with Crippen molar-refractivity contribution in [1.29, 1.82) is 0 Å². The van der Waals surface area contributed by atoms with Gasteiger partial charge in [-0.3, -0.25) is 9.59 Å². The van der Waals surface area contributed by atoms with E-state index < -0.39 is 6.10 Å². The normalized spacial score (nSPS) is 12.6. The van der Waals surface area contributed by atoms with Gasteiger partial charge in [0.25, 0.3) is 0 Å². The van der Waals surface area contributed by atoms with Gasteiger partial charge < -0.3 is 14.6 Å². The monoisotopic (exact) mass is 895 g/mol. The topological polar surface area (TPSA) is 72.8 Å². The number of aliphatic hydroxyl groups is 1. The number of hydrogen-bond acceptors (Lipinski definition) is 5. The first-order chi connectivity index (χ1) is 31.6. The smallest absolute Gasteiger partial charge is 0.306 e. The number of esters is 2. The SMILES string of the molecule is CC/C=C\C/C=C\C/C=C\CCCCCCCC(=O)OC(CO)COC(=O)CCCCCCCCCCCCCCCCCCCCCCCCC/C=C\C/C=C\CCCCCCC. The molecule has 0 aromatic rings. The fourth-order valence-corrected chi connectivity index (χ4v) is 8.13. The fraction of sp³-hybridized carbons (Fsp3) is 0.797. The molecule has 0 aliphatic carbocycles. The Balaban J connectivity index is 3.41. The minimum Gasteiger partial charge on any atom is -0.462 e. The molecule has 0 radical (unpaired) electrons. The molecule has 0 rings (SSSR count). The Labute approximate surface area is 398 Å². The highest BCUT2D eigenvalue weighted by Gasteiger charge is 2.16. The lowest BCUT2D eigenvalue weighted by Gasteiger charge is -2.15. The van der Waals surface area contributed by atoms with E-state index >= 15 is 0 Å². The summed E-state index contributed by atoms with van der Waals surface area (Å²) in [6.07, 6.45) is 73.5. The molecule has 0 aliphatic rings. The predicted molar refractivity (Wildman–Crippen MR) is 279 cm³/mol. The molecule has 0 saturated carbocycles. The zero-order valence-electron chi connectivity index (χ0n) is 42.5. The molecule has 372 valence electrons. The van der Waals surface area contributed by atoms with Gasteiger partial charge in [-0.05, 0) is 77.0 Å². The third-order valence-electron chi connectivity index (χ3n) is 12.3. The van der Waals surface area contributed by atoms with Crippen molar-refractivity contribution in [3.63, 3.8) is 0 Å². The Morgan fingerprint density at radius 3 is 1.02 bits per heavy atom. The number of ether oxygens (including phenoxy) is 2. The molecule has 0 fully saturated rings. The molecule has 0 spiro atoms. The van der Waals surface area contributed by atoms with Crippen LogP contribution in [0, 0.1) is 0 Å². The summed E-state index contributed by atoms with van der Waals surface area (Å²) >= 11 is 0. The van der Waals surface area contributed by atoms with Gasteiger partial charge in [-0.1, -0.05) is 254 Å². The van der Waals surface area contributed by atoms with Gasteiger partial charge in [0.2, 0.25) is 0 Å². The van der Waals surface area contributed by atoms with Crippen molar-refractivity contribution >= 4 is 11.9 Å². The summed E-state index contributed by atoms with van der Waals surface area (Å²) in [5.74, 6) is -0.602. The zero-order valence-corrected chi connectivity index (χ0v) is 42.5. The molecule has 1 atom stereocenters. The van der Waals surface area contributed by atoms with Gasteiger partial charge in [0.1, 0.15) is 6.61 Å². The Morgan fingerprint density at radius 1 is 0.375 bits per heavy atom. The summed E-state index contributed by atoms with van der Waals surface area (Å²) in [6.45, 7) is 4.02. The van der Waals surface area contributed by atoms with Crippen LogP contribution >= 0.6 is 0 Å². The lowest BCUT2D eigenvalue weighted by molar-refractivity contribution is -0.161. The Kier molecular flexibility index (Phi) is 52.9. The summed E-state index contributed by atoms with van der Waals surface area (Å²) in [6, 6.07) is 0. The maximum Gasteiger partial charge on any atom is 0.306 e. The lowest BCUT2D eigenvalue weighted by atomic mass is 10.0. The second kappa shape index (κ2) is 54.9. The van der Waals surface area contributed by atoms with Gasteiger partial charge in [0.05, 0.1) is 6.61 Å². The quantitative estimate of drug-likeness (QED) is 0.0374. The van der Waals surface area contributed by atoms with Crippen LogP contribution in [0.5, 0.6) is 0 Å². The van der Waals surface area contributed by atoms with Crippen LogP contribution in [0.1, 0.15) is 284 Å². The number of carbonyl (C=O) groups is 2. The number of rotatable bonds is 51. The number of hydrogen-bond donors (Lipinski definition) is 1. The first-order valence-corrected chi connectivity index (χ1v) is 27.8. The summed E-state index contributed by atoms with van der Waals surface area (Å²) in [7, 11) is 0. The van der Waals surface area contributed by atoms with E-state index in [1.807, 2.05) is 0 Å². The molecule has 0 aliphatic heterocycles. The van der Waals surface area contributed by atoms with Gasteiger partial charge in [0, 0.05) is 12.8 Å². The van der Waals surface area contributed by atoms with Gasteiger partial charge in [0.15, 0.2) is 6.10 Å². The Hall–Kier alpha value is -2.40. The number of unbranched alkanes of at least 4 members (excludes halogenated alkanes) is 33. The molecule has 1 unspecified atom stereocenters. The summed E-state index contributed by atoms with van der Waals surface area (Å²) in [5.41, 5.74) is 0. The van der Waals surface area contributed by atoms with Crippen molar-refractivity contribution in [1.82, 2.24) is 0 Å². The minimum absolute atomic E-state index is 0.0716. The third kappa shape index (κ3) is 52.2. The van der Waals surface area contributed by atoms with Crippen molar-refractivity contribution in [2.24, 2.45) is 0 Å². The summed E-state index contributed by atoms with van der Waals surface area (Å²) in [4.78, 5) is 24.4. The first kappa shape index (κ1) is 61.6. The number of carbonyl (C=O) groups excluding carboxylic acids is 2. The molecule has 5 heteroatoms. The van der Waals surface area contributed by atoms with Crippen LogP contribution in [0.4, 0.5) is 0 Å². The molecule has 1 N–H and O–H groups in total. The van der Waals surface area contributed by atoms with E-state index in [4.69, 9.17) is 9.47 Å². The maximum absolute atomic E-state index is 12.2. The molecule has 0 heterocycles. The van der Waals surface area contributed by atoms with Crippen LogP contribution in [0.15, 0.2) is 60.8 Å². The van der Waals surface area contributed by atoms with Gasteiger partial charge in [-0.2, -0.15) is 0 Å². The number of allylic oxidation sites excluding steroid dienone is 10. The van der Waals surface area contributed by atoms with E-state index in [1.165, 1.54) is 180 Å². The van der Waals surface area contributed by atoms with Gasteiger partial charge in [-0.25, -0.2) is 0 Å². The van der Waals surface area contributed by atoms with Crippen LogP contribution in [0.2, 0.25) is 0 Å². The summed E-state index contributed by atoms with van der Waals surface area (Å²) < 4.78 is 10.7. The highest BCUT2D eigenvalue weighted by atomic mass is 16.6. The third-order valence-corrected chi connectivity index (χ3v) is 12.3. The first-order valence-electron chi connectivity index (χ1n) is 27.8. The van der Waals surface area contributed by atoms with E-state index in [0.29, 0.717) is 12.8 Å². The lowest BCUT2D eigenvalue weighted by Crippen LogP contribution is -2.28. The highest BCUT2D eigenvalue weighted by molar-refractivity contribution is 5.70. The standard InChI is InChI=1S/C59H106O5/c1-3-5-7-9-11-13-15-17-19-20-21-22-23-24-25-26-27-28-29-30-31-32-33-34-35-36-37-38-40-41-43-45-47-49-51-53-58(61)63-56-57(55-60)64-59(62)54-52-50-48-46-44-42-39-18-16-14-12-10-8-6-4-2/h6,8,12,14-15,17-18,20-21,39,57,60H,3-5,7,9-11,13,16,19,22-38,40-56H2,1-2H3/b8-6-,14-12-,17-15-,21-20-,39-18-. The predicted octanol–water partition coefficient (Wildman–Crippen LogP) is 18.6. The van der Waals surface area contributed by atoms with Crippen LogP contribution in [-0.2, 0) is 19.1 Å². The largest absolute Gasteiger partial charge is 0.462 e. The van der Waals surface area contributed by atoms with Crippen LogP contribution in [-0.4, -0.2) is 36.4 Å². The molecule has 64 heavy (non-hydrogen) atoms. The average molecular weight is 895 g/mol. The van der Waals surface area contributed by atoms with Crippen molar-refractivity contribution in [2.45, 2.75) is 290 Å². The molecule has 0 aromatic carbocycles. The van der Waals surface area contributed by atoms with Gasteiger partial charge in [-0.15, -0.1) is 0 Å². The van der Waals surface area contributed by atoms with E-state index in [1.54, 1.807) is 0 Å². The molecular formula is C59H106O5. The van der Waals surface area contributed by atoms with Crippen LogP contribution < -0.4 is 0 Å². The van der Waals surface area contributed by atoms with Gasteiger partial charge >= 0.3 is 11.9 Å². The van der Waals surface area contributed by atoms with E-state index in [0.717, 1.165) is 77.0 Å². The second-order valence-electron chi connectivity index (χ2n) is 18.6. The number of aliphatic hydroxyl groups excluding tert-OH is 1. The van der Waals surface area contributed by atoms with Crippen LogP contribution in [0.3, 0.4) is 0 Å². The second-order valence-corrected chi connectivity index (χ2v) is 18.6. The van der Waals surface area contributed by atoms with E-state index in [2.05, 4.69) is 74.6 Å². The van der Waals surface area contributed by atoms with Crippen molar-refractivity contribution in [3.05, 3.63) is 60.8 Å². The average Bonchev–Trinajstić information content (AvgIpc) is 3.30. The van der Waals surface area contributed by atoms with Crippen LogP contribution in [0.25, 0.3) is 0 Å². The fourth-order valence-electron chi connectivity index (χ4n) is 8.13. The molecule has 0 amide bonds. The van der Waals surface area contributed by atoms with E-state index in [-0.39, 0.29) is 25.2 Å². The van der Waals surface area contributed by atoms with Crippen molar-refractivity contribution in [2.75, 3.05) is 13.2 Å².